The number of hydrogen-bond acceptors (Lipinski definition) is 3. The normalized spacial score (nSPS) is 14.4. The fourth-order valence-corrected chi connectivity index (χ4v) is 2.08. The van der Waals surface area contributed by atoms with Crippen molar-refractivity contribution in [2.24, 2.45) is 0 Å². The first kappa shape index (κ1) is 12.1. The van der Waals surface area contributed by atoms with Gasteiger partial charge in [-0.2, -0.15) is 0 Å². The molecule has 0 spiro atoms. The van der Waals surface area contributed by atoms with Crippen LogP contribution in [0, 0.1) is 0 Å². The molecular formula is C12H13BrN2O2. The first-order valence-electron chi connectivity index (χ1n) is 5.40. The van der Waals surface area contributed by atoms with Gasteiger partial charge in [-0.25, -0.2) is 9.78 Å². The van der Waals surface area contributed by atoms with Crippen molar-refractivity contribution in [2.45, 2.75) is 18.9 Å². The van der Waals surface area contributed by atoms with Gasteiger partial charge in [0.25, 0.3) is 0 Å². The molecule has 1 N–H and O–H groups in total. The van der Waals surface area contributed by atoms with Gasteiger partial charge in [0.05, 0.1) is 0 Å². The van der Waals surface area contributed by atoms with Crippen LogP contribution in [0.5, 0.6) is 0 Å². The van der Waals surface area contributed by atoms with Crippen molar-refractivity contribution in [3.63, 3.8) is 0 Å². The molecule has 90 valence electrons. The van der Waals surface area contributed by atoms with Crippen LogP contribution < -0.4 is 4.90 Å². The summed E-state index contributed by atoms with van der Waals surface area (Å²) >= 11 is 3.24. The molecule has 0 atom stereocenters. The lowest BCUT2D eigenvalue weighted by Gasteiger charge is -2.23. The van der Waals surface area contributed by atoms with Gasteiger partial charge in [0.15, 0.2) is 0 Å². The van der Waals surface area contributed by atoms with Crippen LogP contribution in [0.3, 0.4) is 0 Å². The number of aromatic carboxylic acids is 1. The minimum atomic E-state index is -0.955. The molecule has 0 unspecified atom stereocenters. The summed E-state index contributed by atoms with van der Waals surface area (Å²) in [5, 5.41) is 9.20. The van der Waals surface area contributed by atoms with Crippen LogP contribution in [-0.4, -0.2) is 28.6 Å². The van der Waals surface area contributed by atoms with Gasteiger partial charge >= 0.3 is 5.97 Å². The summed E-state index contributed by atoms with van der Waals surface area (Å²) in [6.07, 6.45) is 5.57. The first-order chi connectivity index (χ1) is 8.13. The minimum absolute atomic E-state index is 0.230. The number of rotatable bonds is 5. The number of nitrogens with zero attached hydrogens (tertiary/aromatic N) is 2. The fourth-order valence-electron chi connectivity index (χ4n) is 1.75. The van der Waals surface area contributed by atoms with E-state index in [1.807, 2.05) is 4.90 Å². The summed E-state index contributed by atoms with van der Waals surface area (Å²) in [6, 6.07) is 1.99. The second-order valence-electron chi connectivity index (χ2n) is 4.00. The molecule has 0 amide bonds. The van der Waals surface area contributed by atoms with Crippen LogP contribution in [-0.2, 0) is 0 Å². The van der Waals surface area contributed by atoms with Crippen LogP contribution in [0.1, 0.15) is 23.2 Å². The summed E-state index contributed by atoms with van der Waals surface area (Å²) in [7, 11) is 0. The molecule has 1 heterocycles. The average molecular weight is 297 g/mol. The van der Waals surface area contributed by atoms with Crippen LogP contribution in [0.25, 0.3) is 0 Å². The summed E-state index contributed by atoms with van der Waals surface area (Å²) < 4.78 is 0.674. The number of aromatic nitrogens is 1. The quantitative estimate of drug-likeness (QED) is 0.849. The molecule has 1 aliphatic rings. The topological polar surface area (TPSA) is 53.4 Å². The van der Waals surface area contributed by atoms with Crippen molar-refractivity contribution in [3.05, 3.63) is 35.0 Å². The Kier molecular flexibility index (Phi) is 3.47. The Morgan fingerprint density at radius 1 is 1.71 bits per heavy atom. The number of hydrogen-bond donors (Lipinski definition) is 1. The Morgan fingerprint density at radius 2 is 2.41 bits per heavy atom. The lowest BCUT2D eigenvalue weighted by atomic mass is 10.2. The highest BCUT2D eigenvalue weighted by Crippen LogP contribution is 2.33. The van der Waals surface area contributed by atoms with Gasteiger partial charge in [-0.05, 0) is 34.8 Å². The second kappa shape index (κ2) is 4.87. The Hall–Kier alpha value is -1.36. The van der Waals surface area contributed by atoms with E-state index in [-0.39, 0.29) is 5.56 Å². The SMILES string of the molecule is C=CCN(c1ncc(Br)cc1C(=O)O)C1CC1. The van der Waals surface area contributed by atoms with E-state index in [2.05, 4.69) is 27.5 Å². The first-order valence-corrected chi connectivity index (χ1v) is 6.19. The molecule has 5 heteroatoms. The van der Waals surface area contributed by atoms with Crippen molar-refractivity contribution in [1.82, 2.24) is 4.98 Å². The maximum atomic E-state index is 11.2. The number of carbonyl (C=O) groups is 1. The Balaban J connectivity index is 2.40. The average Bonchev–Trinajstić information content (AvgIpc) is 3.10. The molecule has 17 heavy (non-hydrogen) atoms. The summed E-state index contributed by atoms with van der Waals surface area (Å²) in [6.45, 7) is 4.33. The number of pyridine rings is 1. The van der Waals surface area contributed by atoms with Gasteiger partial charge in [-0.1, -0.05) is 6.08 Å². The third kappa shape index (κ3) is 2.66. The van der Waals surface area contributed by atoms with E-state index in [4.69, 9.17) is 0 Å². The van der Waals surface area contributed by atoms with E-state index in [9.17, 15) is 9.90 Å². The van der Waals surface area contributed by atoms with Crippen molar-refractivity contribution in [2.75, 3.05) is 11.4 Å². The zero-order valence-electron chi connectivity index (χ0n) is 9.27. The molecule has 1 aromatic rings. The van der Waals surface area contributed by atoms with Crippen molar-refractivity contribution in [1.29, 1.82) is 0 Å². The summed E-state index contributed by atoms with van der Waals surface area (Å²) in [5.74, 6) is -0.424. The number of carboxylic acid groups (broad SMARTS) is 1. The lowest BCUT2D eigenvalue weighted by Crippen LogP contribution is -2.28. The highest BCUT2D eigenvalue weighted by molar-refractivity contribution is 9.10. The van der Waals surface area contributed by atoms with Crippen molar-refractivity contribution < 1.29 is 9.90 Å². The van der Waals surface area contributed by atoms with Gasteiger partial charge < -0.3 is 10.0 Å². The van der Waals surface area contributed by atoms with Gasteiger partial charge in [0.2, 0.25) is 0 Å². The largest absolute Gasteiger partial charge is 0.478 e. The van der Waals surface area contributed by atoms with Crippen LogP contribution >= 0.6 is 15.9 Å². The third-order valence-electron chi connectivity index (χ3n) is 2.65. The molecular weight excluding hydrogens is 284 g/mol. The number of carboxylic acids is 1. The molecule has 2 rings (SSSR count). The van der Waals surface area contributed by atoms with Gasteiger partial charge in [0, 0.05) is 23.3 Å². The molecule has 1 aliphatic carbocycles. The standard InChI is InChI=1S/C12H13BrN2O2/c1-2-5-15(9-3-4-9)11-10(12(16)17)6-8(13)7-14-11/h2,6-7,9H,1,3-5H2,(H,16,17). The Bertz CT molecular complexity index is 458. The lowest BCUT2D eigenvalue weighted by molar-refractivity contribution is 0.0697. The minimum Gasteiger partial charge on any atom is -0.478 e. The van der Waals surface area contributed by atoms with Crippen LogP contribution in [0.15, 0.2) is 29.4 Å². The molecule has 1 aromatic heterocycles. The predicted octanol–water partition coefficient (Wildman–Crippen LogP) is 2.70. The number of anilines is 1. The molecule has 0 radical (unpaired) electrons. The van der Waals surface area contributed by atoms with E-state index < -0.39 is 5.97 Å². The van der Waals surface area contributed by atoms with Gasteiger partial charge in [-0.15, -0.1) is 6.58 Å². The molecule has 1 saturated carbocycles. The molecule has 1 fully saturated rings. The van der Waals surface area contributed by atoms with E-state index in [1.54, 1.807) is 18.3 Å². The zero-order valence-corrected chi connectivity index (χ0v) is 10.9. The van der Waals surface area contributed by atoms with E-state index in [0.29, 0.717) is 22.9 Å². The van der Waals surface area contributed by atoms with Crippen LogP contribution in [0.2, 0.25) is 0 Å². The van der Waals surface area contributed by atoms with E-state index in [0.717, 1.165) is 12.8 Å². The van der Waals surface area contributed by atoms with Gasteiger partial charge in [0.1, 0.15) is 11.4 Å². The molecule has 0 aliphatic heterocycles. The molecule has 0 saturated heterocycles. The Labute approximate surface area is 108 Å². The van der Waals surface area contributed by atoms with Crippen LogP contribution in [0.4, 0.5) is 5.82 Å². The molecule has 0 bridgehead atoms. The summed E-state index contributed by atoms with van der Waals surface area (Å²) in [5.41, 5.74) is 0.230. The summed E-state index contributed by atoms with van der Waals surface area (Å²) in [4.78, 5) is 17.4. The van der Waals surface area contributed by atoms with Gasteiger partial charge in [-0.3, -0.25) is 0 Å². The molecule has 0 aromatic carbocycles. The molecule has 4 nitrogen and oxygen atoms in total. The highest BCUT2D eigenvalue weighted by atomic mass is 79.9. The van der Waals surface area contributed by atoms with E-state index in [1.165, 1.54) is 0 Å². The third-order valence-corrected chi connectivity index (χ3v) is 3.08. The van der Waals surface area contributed by atoms with E-state index >= 15 is 0 Å². The van der Waals surface area contributed by atoms with Crippen molar-refractivity contribution >= 4 is 27.7 Å². The highest BCUT2D eigenvalue weighted by Gasteiger charge is 2.31. The maximum absolute atomic E-state index is 11.2. The monoisotopic (exact) mass is 296 g/mol. The predicted molar refractivity (Wildman–Crippen MR) is 69.5 cm³/mol. The fraction of sp³-hybridized carbons (Fsp3) is 0.333. The number of halogens is 1. The smallest absolute Gasteiger partial charge is 0.339 e. The second-order valence-corrected chi connectivity index (χ2v) is 4.92. The maximum Gasteiger partial charge on any atom is 0.339 e. The van der Waals surface area contributed by atoms with Crippen molar-refractivity contribution in [3.8, 4) is 0 Å². The Morgan fingerprint density at radius 3 is 2.94 bits per heavy atom. The zero-order chi connectivity index (χ0) is 12.4.